The van der Waals surface area contributed by atoms with E-state index in [-0.39, 0.29) is 42.1 Å². The number of carbonyl (C=O) groups is 3. The monoisotopic (exact) mass is 803 g/mol. The number of benzene rings is 1. The van der Waals surface area contributed by atoms with Crippen molar-refractivity contribution >= 4 is 50.1 Å². The Morgan fingerprint density at radius 2 is 1.79 bits per heavy atom. The number of aromatic nitrogens is 4. The normalized spacial score (nSPS) is 14.8. The molecule has 0 spiro atoms. The summed E-state index contributed by atoms with van der Waals surface area (Å²) in [4.78, 5) is 50.7. The van der Waals surface area contributed by atoms with Crippen LogP contribution in [0.25, 0.3) is 11.1 Å². The number of fused-ring (bicyclic) bond motifs is 1. The van der Waals surface area contributed by atoms with Crippen molar-refractivity contribution in [1.29, 1.82) is 0 Å². The van der Waals surface area contributed by atoms with E-state index >= 15 is 0 Å². The first-order valence-electron chi connectivity index (χ1n) is 19.7. The van der Waals surface area contributed by atoms with E-state index in [2.05, 4.69) is 15.0 Å². The van der Waals surface area contributed by atoms with Gasteiger partial charge < -0.3 is 9.64 Å². The molecule has 13 nitrogen and oxygen atoms in total. The maximum Gasteiger partial charge on any atom is 0.305 e. The number of pyridine rings is 1. The maximum absolute atomic E-state index is 14.0. The Hall–Kier alpha value is -4.63. The Morgan fingerprint density at radius 3 is 2.54 bits per heavy atom. The quantitative estimate of drug-likeness (QED) is 0.0872. The maximum atomic E-state index is 14.0. The molecule has 0 saturated heterocycles. The largest absolute Gasteiger partial charge is 0.465 e. The Bertz CT molecular complexity index is 2140. The predicted molar refractivity (Wildman–Crippen MR) is 218 cm³/mol. The van der Waals surface area contributed by atoms with E-state index in [9.17, 15) is 22.8 Å². The Kier molecular flexibility index (Phi) is 13.6. The molecule has 15 heteroatoms. The van der Waals surface area contributed by atoms with Crippen molar-refractivity contribution in [3.63, 3.8) is 0 Å². The van der Waals surface area contributed by atoms with Gasteiger partial charge in [-0.15, -0.1) is 11.3 Å². The first kappa shape index (κ1) is 41.0. The Morgan fingerprint density at radius 1 is 0.982 bits per heavy atom. The second kappa shape index (κ2) is 18.5. The van der Waals surface area contributed by atoms with Gasteiger partial charge in [-0.3, -0.25) is 24.4 Å². The molecule has 0 unspecified atom stereocenters. The summed E-state index contributed by atoms with van der Waals surface area (Å²) in [5.41, 5.74) is 5.35. The second-order valence-electron chi connectivity index (χ2n) is 15.4. The number of aryl methyl sites for hydroxylation is 1. The highest BCUT2D eigenvalue weighted by molar-refractivity contribution is 7.90. The molecule has 6 rings (SSSR count). The van der Waals surface area contributed by atoms with E-state index in [4.69, 9.17) is 14.8 Å². The number of esters is 1. The van der Waals surface area contributed by atoms with Crippen LogP contribution in [0.15, 0.2) is 41.9 Å². The zero-order valence-corrected chi connectivity index (χ0v) is 34.4. The van der Waals surface area contributed by atoms with Crippen LogP contribution in [-0.2, 0) is 39.1 Å². The van der Waals surface area contributed by atoms with Gasteiger partial charge in [-0.2, -0.15) is 5.10 Å². The van der Waals surface area contributed by atoms with Crippen molar-refractivity contribution in [3.8, 4) is 11.1 Å². The molecule has 3 aromatic heterocycles. The smallest absolute Gasteiger partial charge is 0.305 e. The molecule has 1 aromatic carbocycles. The van der Waals surface area contributed by atoms with Crippen molar-refractivity contribution < 1.29 is 27.5 Å². The summed E-state index contributed by atoms with van der Waals surface area (Å²) in [7, 11) is -4.03. The third-order valence-electron chi connectivity index (χ3n) is 10.4. The molecule has 300 valence electrons. The minimum atomic E-state index is -4.03. The summed E-state index contributed by atoms with van der Waals surface area (Å²) in [6.07, 6.45) is 9.86. The van der Waals surface area contributed by atoms with Crippen LogP contribution in [0.5, 0.6) is 0 Å². The molecule has 0 atom stereocenters. The van der Waals surface area contributed by atoms with Gasteiger partial charge in [0.15, 0.2) is 5.13 Å². The van der Waals surface area contributed by atoms with Crippen LogP contribution in [0.3, 0.4) is 0 Å². The number of anilines is 2. The fourth-order valence-electron chi connectivity index (χ4n) is 7.40. The average Bonchev–Trinajstić information content (AvgIpc) is 3.76. The SMILES string of the molecule is Cc1csc(NC(=O)c2cccc3c2CN(c2ccc(-c4cnn(CC5CCCCC5)c4C)c(C(=O)NS(=O)(=O)CCCCCC(=O)OCC(C)C)n2)CC3)n1. The van der Waals surface area contributed by atoms with Gasteiger partial charge in [0.1, 0.15) is 11.5 Å². The molecule has 0 radical (unpaired) electrons. The van der Waals surface area contributed by atoms with E-state index in [0.717, 1.165) is 41.9 Å². The Labute approximate surface area is 333 Å². The van der Waals surface area contributed by atoms with E-state index < -0.39 is 15.9 Å². The third-order valence-corrected chi connectivity index (χ3v) is 12.6. The fraction of sp³-hybridized carbons (Fsp3) is 0.512. The minimum Gasteiger partial charge on any atom is -0.465 e. The first-order chi connectivity index (χ1) is 26.9. The highest BCUT2D eigenvalue weighted by Gasteiger charge is 2.28. The number of thiazole rings is 1. The van der Waals surface area contributed by atoms with E-state index in [1.807, 2.05) is 66.9 Å². The summed E-state index contributed by atoms with van der Waals surface area (Å²) in [6.45, 7) is 9.86. The lowest BCUT2D eigenvalue weighted by Crippen LogP contribution is -2.35. The highest BCUT2D eigenvalue weighted by atomic mass is 32.2. The van der Waals surface area contributed by atoms with Crippen LogP contribution in [-0.4, -0.2) is 64.9 Å². The number of hydrogen-bond donors (Lipinski definition) is 2. The second-order valence-corrected chi connectivity index (χ2v) is 18.1. The third kappa shape index (κ3) is 10.6. The van der Waals surface area contributed by atoms with Gasteiger partial charge >= 0.3 is 5.97 Å². The molecule has 1 saturated carbocycles. The zero-order valence-electron chi connectivity index (χ0n) is 32.8. The number of unbranched alkanes of at least 4 members (excludes halogenated alkanes) is 2. The lowest BCUT2D eigenvalue weighted by molar-refractivity contribution is -0.144. The summed E-state index contributed by atoms with van der Waals surface area (Å²) >= 11 is 1.37. The van der Waals surface area contributed by atoms with E-state index in [1.165, 1.54) is 30.6 Å². The highest BCUT2D eigenvalue weighted by Crippen LogP contribution is 2.33. The lowest BCUT2D eigenvalue weighted by atomic mass is 9.89. The van der Waals surface area contributed by atoms with E-state index in [1.54, 1.807) is 12.3 Å². The van der Waals surface area contributed by atoms with Crippen LogP contribution in [0.2, 0.25) is 0 Å². The van der Waals surface area contributed by atoms with Gasteiger partial charge in [0.2, 0.25) is 10.0 Å². The number of ether oxygens (including phenoxy) is 1. The van der Waals surface area contributed by atoms with Crippen LogP contribution in [0.1, 0.15) is 115 Å². The van der Waals surface area contributed by atoms with Crippen LogP contribution < -0.4 is 14.9 Å². The zero-order chi connectivity index (χ0) is 39.8. The van der Waals surface area contributed by atoms with Gasteiger partial charge in [0, 0.05) is 53.8 Å². The van der Waals surface area contributed by atoms with Crippen LogP contribution in [0.4, 0.5) is 10.9 Å². The summed E-state index contributed by atoms with van der Waals surface area (Å²) in [6, 6.07) is 9.35. The van der Waals surface area contributed by atoms with Crippen molar-refractivity contribution in [2.45, 2.75) is 105 Å². The first-order valence-corrected chi connectivity index (χ1v) is 22.2. The van der Waals surface area contributed by atoms with Gasteiger partial charge in [0.25, 0.3) is 11.8 Å². The number of nitrogens with zero attached hydrogens (tertiary/aromatic N) is 5. The number of sulfonamides is 1. The predicted octanol–water partition coefficient (Wildman–Crippen LogP) is 7.23. The number of amides is 2. The number of hydrogen-bond acceptors (Lipinski definition) is 11. The summed E-state index contributed by atoms with van der Waals surface area (Å²) < 4.78 is 36.0. The standard InChI is InChI=1S/C41H53N7O6S2/c1-27(2)25-54-37(49)16-9-6-10-21-56(52,53)46-40(51)38-32(34-22-42-48(29(34)4)23-30-12-7-5-8-13-30)17-18-36(44-38)47-20-19-31-14-11-15-33(35(31)24-47)39(50)45-41-43-28(3)26-55-41/h11,14-15,17-18,22,26-27,30H,5-10,12-13,16,19-21,23-25H2,1-4H3,(H,46,51)(H,43,45,50). The molecule has 4 heterocycles. The molecular formula is C41H53N7O6S2. The van der Waals surface area contributed by atoms with Crippen LogP contribution >= 0.6 is 11.3 Å². The van der Waals surface area contributed by atoms with Gasteiger partial charge in [0.05, 0.1) is 24.3 Å². The van der Waals surface area contributed by atoms with Crippen LogP contribution in [0, 0.1) is 25.7 Å². The van der Waals surface area contributed by atoms with Crippen molar-refractivity contribution in [3.05, 3.63) is 75.7 Å². The fourth-order valence-corrected chi connectivity index (χ4v) is 9.15. The Balaban J connectivity index is 1.22. The molecule has 2 amide bonds. The minimum absolute atomic E-state index is 0.0183. The molecule has 0 bridgehead atoms. The molecule has 1 aliphatic heterocycles. The van der Waals surface area contributed by atoms with Crippen molar-refractivity contribution in [2.24, 2.45) is 11.8 Å². The van der Waals surface area contributed by atoms with Gasteiger partial charge in [-0.05, 0) is 87.1 Å². The van der Waals surface area contributed by atoms with Gasteiger partial charge in [-0.1, -0.05) is 51.7 Å². The molecule has 1 aliphatic carbocycles. The molecule has 2 aliphatic rings. The summed E-state index contributed by atoms with van der Waals surface area (Å²) in [5.74, 6) is -0.382. The number of carbonyl (C=O) groups excluding carboxylic acids is 3. The van der Waals surface area contributed by atoms with Crippen molar-refractivity contribution in [1.82, 2.24) is 24.5 Å². The van der Waals surface area contributed by atoms with Crippen molar-refractivity contribution in [2.75, 3.05) is 29.1 Å². The molecule has 2 N–H and O–H groups in total. The topological polar surface area (TPSA) is 165 Å². The number of rotatable bonds is 16. The van der Waals surface area contributed by atoms with Gasteiger partial charge in [-0.25, -0.2) is 23.1 Å². The lowest BCUT2D eigenvalue weighted by Gasteiger charge is -2.31. The average molecular weight is 804 g/mol. The molecule has 1 fully saturated rings. The number of nitrogens with one attached hydrogen (secondary N) is 2. The molecule has 4 aromatic rings. The summed E-state index contributed by atoms with van der Waals surface area (Å²) in [5, 5.41) is 10.0. The van der Waals surface area contributed by atoms with E-state index in [0.29, 0.717) is 72.5 Å². The molecular weight excluding hydrogens is 751 g/mol. The molecule has 56 heavy (non-hydrogen) atoms.